The Labute approximate surface area is 89.3 Å². The second-order valence-electron chi connectivity index (χ2n) is 3.13. The molecule has 5 heteroatoms. The highest BCUT2D eigenvalue weighted by atomic mass is 127. The fourth-order valence-electron chi connectivity index (χ4n) is 1.25. The number of H-pyrrole nitrogens is 1. The lowest BCUT2D eigenvalue weighted by Gasteiger charge is -2.04. The molecule has 13 heavy (non-hydrogen) atoms. The van der Waals surface area contributed by atoms with Crippen LogP contribution in [0.1, 0.15) is 25.5 Å². The number of hydrogen-bond donors (Lipinski definition) is 1. The van der Waals surface area contributed by atoms with Crippen molar-refractivity contribution in [3.8, 4) is 0 Å². The van der Waals surface area contributed by atoms with Gasteiger partial charge in [-0.3, -0.25) is 0 Å². The van der Waals surface area contributed by atoms with Crippen LogP contribution in [0.3, 0.4) is 0 Å². The van der Waals surface area contributed by atoms with E-state index in [1.165, 1.54) is 0 Å². The van der Waals surface area contributed by atoms with Crippen molar-refractivity contribution in [2.24, 2.45) is 0 Å². The molecule has 0 aromatic carbocycles. The minimum atomic E-state index is 0.388. The molecule has 1 N–H and O–H groups in total. The van der Waals surface area contributed by atoms with Gasteiger partial charge in [0.2, 0.25) is 0 Å². The third-order valence-corrected chi connectivity index (χ3v) is 2.32. The molecule has 0 amide bonds. The first-order valence-corrected chi connectivity index (χ1v) is 5.13. The number of imidazole rings is 1. The topological polar surface area (TPSA) is 54.5 Å². The molecule has 0 aliphatic rings. The average Bonchev–Trinajstić information content (AvgIpc) is 2.49. The monoisotopic (exact) mass is 288 g/mol. The van der Waals surface area contributed by atoms with Crippen LogP contribution in [0.2, 0.25) is 0 Å². The fourth-order valence-corrected chi connectivity index (χ4v) is 1.73. The molecule has 0 unspecified atom stereocenters. The van der Waals surface area contributed by atoms with Crippen molar-refractivity contribution < 1.29 is 0 Å². The molecule has 68 valence electrons. The summed E-state index contributed by atoms with van der Waals surface area (Å²) >= 11 is 2.11. The zero-order chi connectivity index (χ0) is 9.42. The Morgan fingerprint density at radius 1 is 1.38 bits per heavy atom. The summed E-state index contributed by atoms with van der Waals surface area (Å²) in [4.78, 5) is 15.8. The van der Waals surface area contributed by atoms with Crippen molar-refractivity contribution in [1.82, 2.24) is 19.9 Å². The molecule has 2 aromatic heterocycles. The Balaban J connectivity index is 2.77. The van der Waals surface area contributed by atoms with Crippen LogP contribution in [0, 0.1) is 3.83 Å². The summed E-state index contributed by atoms with van der Waals surface area (Å²) in [5, 5.41) is 0. The number of rotatable bonds is 1. The van der Waals surface area contributed by atoms with Gasteiger partial charge in [0.25, 0.3) is 0 Å². The van der Waals surface area contributed by atoms with E-state index < -0.39 is 0 Å². The van der Waals surface area contributed by atoms with Gasteiger partial charge in [0, 0.05) is 22.6 Å². The predicted molar refractivity (Wildman–Crippen MR) is 58.5 cm³/mol. The molecule has 2 aromatic rings. The van der Waals surface area contributed by atoms with Gasteiger partial charge in [0.1, 0.15) is 5.52 Å². The summed E-state index contributed by atoms with van der Waals surface area (Å²) in [6, 6.07) is 0. The Hall–Kier alpha value is -0.720. The number of aromatic amines is 1. The predicted octanol–water partition coefficient (Wildman–Crippen LogP) is 2.08. The summed E-state index contributed by atoms with van der Waals surface area (Å²) in [6.45, 7) is 4.22. The lowest BCUT2D eigenvalue weighted by molar-refractivity contribution is 0.818. The first-order valence-electron chi connectivity index (χ1n) is 4.05. The minimum Gasteiger partial charge on any atom is -0.342 e. The van der Waals surface area contributed by atoms with E-state index in [0.717, 1.165) is 20.7 Å². The first-order chi connectivity index (χ1) is 6.18. The van der Waals surface area contributed by atoms with Crippen LogP contribution in [-0.4, -0.2) is 19.9 Å². The molecule has 0 aliphatic carbocycles. The smallest absolute Gasteiger partial charge is 0.193 e. The molecule has 0 saturated heterocycles. The molecule has 2 rings (SSSR count). The highest BCUT2D eigenvalue weighted by Gasteiger charge is 2.10. The molecule has 0 atom stereocenters. The summed E-state index contributed by atoms with van der Waals surface area (Å²) in [6.07, 6.45) is 1.65. The standard InChI is InChI=1S/C8H9IN4/c1-4(2)5-6-7(11-3-10-6)13-8(9)12-5/h3-4H,1-2H3,(H,10,11,12,13). The van der Waals surface area contributed by atoms with Crippen LogP contribution < -0.4 is 0 Å². The SMILES string of the molecule is CC(C)c1nc(I)nc2nc[nH]c12. The van der Waals surface area contributed by atoms with Crippen LogP contribution in [0.25, 0.3) is 11.2 Å². The fraction of sp³-hybridized carbons (Fsp3) is 0.375. The highest BCUT2D eigenvalue weighted by Crippen LogP contribution is 2.19. The molecule has 4 nitrogen and oxygen atoms in total. The average molecular weight is 288 g/mol. The number of fused-ring (bicyclic) bond motifs is 1. The molecule has 0 fully saturated rings. The lowest BCUT2D eigenvalue weighted by Crippen LogP contribution is -1.99. The minimum absolute atomic E-state index is 0.388. The number of halogens is 1. The number of aromatic nitrogens is 4. The van der Waals surface area contributed by atoms with E-state index in [2.05, 4.69) is 56.4 Å². The van der Waals surface area contributed by atoms with Crippen molar-refractivity contribution in [2.75, 3.05) is 0 Å². The maximum absolute atomic E-state index is 4.38. The van der Waals surface area contributed by atoms with E-state index in [1.807, 2.05) is 0 Å². The van der Waals surface area contributed by atoms with E-state index in [0.29, 0.717) is 5.92 Å². The number of nitrogens with zero attached hydrogens (tertiary/aromatic N) is 3. The van der Waals surface area contributed by atoms with E-state index >= 15 is 0 Å². The second kappa shape index (κ2) is 3.21. The molecular formula is C8H9IN4. The summed E-state index contributed by atoms with van der Waals surface area (Å²) < 4.78 is 0.751. The number of nitrogens with one attached hydrogen (secondary N) is 1. The second-order valence-corrected chi connectivity index (χ2v) is 4.10. The molecule has 0 spiro atoms. The van der Waals surface area contributed by atoms with Gasteiger partial charge in [-0.2, -0.15) is 0 Å². The van der Waals surface area contributed by atoms with Gasteiger partial charge in [0.15, 0.2) is 9.48 Å². The van der Waals surface area contributed by atoms with E-state index in [1.54, 1.807) is 6.33 Å². The van der Waals surface area contributed by atoms with Crippen molar-refractivity contribution in [2.45, 2.75) is 19.8 Å². The van der Waals surface area contributed by atoms with Gasteiger partial charge in [-0.1, -0.05) is 13.8 Å². The van der Waals surface area contributed by atoms with Crippen molar-refractivity contribution in [3.05, 3.63) is 15.9 Å². The third-order valence-electron chi connectivity index (χ3n) is 1.83. The van der Waals surface area contributed by atoms with Crippen LogP contribution in [0.15, 0.2) is 6.33 Å². The molecule has 0 aliphatic heterocycles. The molecule has 0 bridgehead atoms. The normalized spacial score (nSPS) is 11.4. The molecule has 0 radical (unpaired) electrons. The van der Waals surface area contributed by atoms with E-state index in [9.17, 15) is 0 Å². The first kappa shape index (κ1) is 8.86. The summed E-state index contributed by atoms with van der Waals surface area (Å²) in [5.41, 5.74) is 2.74. The molecular weight excluding hydrogens is 279 g/mol. The molecule has 0 saturated carbocycles. The van der Waals surface area contributed by atoms with Gasteiger partial charge in [-0.25, -0.2) is 15.0 Å². The van der Waals surface area contributed by atoms with Crippen LogP contribution in [0.5, 0.6) is 0 Å². The van der Waals surface area contributed by atoms with Crippen LogP contribution in [0.4, 0.5) is 0 Å². The Morgan fingerprint density at radius 2 is 2.15 bits per heavy atom. The lowest BCUT2D eigenvalue weighted by atomic mass is 10.1. The Bertz CT molecular complexity index is 435. The highest BCUT2D eigenvalue weighted by molar-refractivity contribution is 14.1. The van der Waals surface area contributed by atoms with Gasteiger partial charge >= 0.3 is 0 Å². The maximum Gasteiger partial charge on any atom is 0.193 e. The maximum atomic E-state index is 4.38. The van der Waals surface area contributed by atoms with Gasteiger partial charge in [-0.05, 0) is 5.92 Å². The van der Waals surface area contributed by atoms with Crippen LogP contribution in [-0.2, 0) is 0 Å². The van der Waals surface area contributed by atoms with E-state index in [4.69, 9.17) is 0 Å². The largest absolute Gasteiger partial charge is 0.342 e. The summed E-state index contributed by atoms with van der Waals surface area (Å²) in [7, 11) is 0. The van der Waals surface area contributed by atoms with Crippen LogP contribution >= 0.6 is 22.6 Å². The zero-order valence-electron chi connectivity index (χ0n) is 7.37. The third kappa shape index (κ3) is 1.52. The number of hydrogen-bond acceptors (Lipinski definition) is 3. The van der Waals surface area contributed by atoms with Gasteiger partial charge in [-0.15, -0.1) is 0 Å². The Morgan fingerprint density at radius 3 is 2.85 bits per heavy atom. The van der Waals surface area contributed by atoms with Gasteiger partial charge in [0.05, 0.1) is 12.0 Å². The van der Waals surface area contributed by atoms with Gasteiger partial charge < -0.3 is 4.98 Å². The van der Waals surface area contributed by atoms with Crippen molar-refractivity contribution in [1.29, 1.82) is 0 Å². The zero-order valence-corrected chi connectivity index (χ0v) is 9.53. The Kier molecular flexibility index (Phi) is 2.19. The summed E-state index contributed by atoms with van der Waals surface area (Å²) in [5.74, 6) is 0.388. The quantitative estimate of drug-likeness (QED) is 0.645. The molecule has 2 heterocycles. The van der Waals surface area contributed by atoms with Crippen molar-refractivity contribution in [3.63, 3.8) is 0 Å². The van der Waals surface area contributed by atoms with E-state index in [-0.39, 0.29) is 0 Å². The van der Waals surface area contributed by atoms with Crippen molar-refractivity contribution >= 4 is 33.8 Å².